The molecule has 0 aliphatic heterocycles. The lowest BCUT2D eigenvalue weighted by Crippen LogP contribution is -2.10. The minimum Gasteiger partial charge on any atom is -0.456 e. The summed E-state index contributed by atoms with van der Waals surface area (Å²) in [5, 5.41) is 20.1. The van der Waals surface area contributed by atoms with E-state index in [0.717, 1.165) is 16.4 Å². The first kappa shape index (κ1) is 13.2. The van der Waals surface area contributed by atoms with E-state index in [0.29, 0.717) is 16.7 Å². The van der Waals surface area contributed by atoms with Crippen molar-refractivity contribution >= 4 is 21.9 Å². The van der Waals surface area contributed by atoms with Crippen molar-refractivity contribution in [3.8, 4) is 12.1 Å². The van der Waals surface area contributed by atoms with Crippen molar-refractivity contribution in [3.63, 3.8) is 0 Å². The number of benzene rings is 2. The molecule has 0 aliphatic carbocycles. The maximum absolute atomic E-state index is 9.14. The van der Waals surface area contributed by atoms with Crippen LogP contribution in [0.5, 0.6) is 0 Å². The van der Waals surface area contributed by atoms with Crippen LogP contribution in [0.25, 0.3) is 21.9 Å². The molecule has 21 heavy (non-hydrogen) atoms. The van der Waals surface area contributed by atoms with Crippen LogP contribution in [-0.4, -0.2) is 0 Å². The smallest absolute Gasteiger partial charge is 0.136 e. The van der Waals surface area contributed by atoms with Gasteiger partial charge in [0.2, 0.25) is 0 Å². The van der Waals surface area contributed by atoms with Crippen LogP contribution in [0.15, 0.2) is 34.7 Å². The van der Waals surface area contributed by atoms with Crippen molar-refractivity contribution in [2.75, 3.05) is 0 Å². The zero-order valence-corrected chi connectivity index (χ0v) is 12.2. The highest BCUT2D eigenvalue weighted by Gasteiger charge is 2.17. The van der Waals surface area contributed by atoms with Crippen molar-refractivity contribution in [1.29, 1.82) is 10.5 Å². The van der Waals surface area contributed by atoms with Crippen LogP contribution < -0.4 is 0 Å². The van der Waals surface area contributed by atoms with Gasteiger partial charge in [0.25, 0.3) is 0 Å². The van der Waals surface area contributed by atoms with E-state index in [-0.39, 0.29) is 5.41 Å². The van der Waals surface area contributed by atoms with Gasteiger partial charge in [-0.3, -0.25) is 0 Å². The van der Waals surface area contributed by atoms with Gasteiger partial charge in [0, 0.05) is 16.8 Å². The monoisotopic (exact) mass is 274 g/mol. The number of fused-ring (bicyclic) bond motifs is 3. The normalized spacial score (nSPS) is 11.5. The van der Waals surface area contributed by atoms with Crippen LogP contribution in [0.2, 0.25) is 0 Å². The van der Waals surface area contributed by atoms with Crippen LogP contribution in [0.1, 0.15) is 37.5 Å². The SMILES string of the molecule is CC(C)(C)c1ccc2c(c1)oc1cc(C#N)c(C#N)cc12. The molecule has 0 atom stereocenters. The van der Waals surface area contributed by atoms with E-state index >= 15 is 0 Å². The van der Waals surface area contributed by atoms with Crippen molar-refractivity contribution < 1.29 is 4.42 Å². The van der Waals surface area contributed by atoms with Gasteiger partial charge < -0.3 is 4.42 Å². The maximum Gasteiger partial charge on any atom is 0.136 e. The summed E-state index contributed by atoms with van der Waals surface area (Å²) >= 11 is 0. The lowest BCUT2D eigenvalue weighted by molar-refractivity contribution is 0.587. The fourth-order valence-electron chi connectivity index (χ4n) is 2.47. The molecule has 3 rings (SSSR count). The summed E-state index contributed by atoms with van der Waals surface area (Å²) in [6.07, 6.45) is 0. The Kier molecular flexibility index (Phi) is 2.75. The summed E-state index contributed by atoms with van der Waals surface area (Å²) in [4.78, 5) is 0. The Balaban J connectivity index is 2.36. The number of rotatable bonds is 0. The molecule has 2 aromatic carbocycles. The van der Waals surface area contributed by atoms with Crippen LogP contribution in [0, 0.1) is 22.7 Å². The number of nitrogens with zero attached hydrogens (tertiary/aromatic N) is 2. The molecule has 0 fully saturated rings. The number of hydrogen-bond donors (Lipinski definition) is 0. The summed E-state index contributed by atoms with van der Waals surface area (Å²) < 4.78 is 5.87. The van der Waals surface area contributed by atoms with Crippen LogP contribution in [-0.2, 0) is 5.41 Å². The summed E-state index contributed by atoms with van der Waals surface area (Å²) in [6, 6.07) is 13.6. The summed E-state index contributed by atoms with van der Waals surface area (Å²) in [5.41, 5.74) is 3.40. The molecular weight excluding hydrogens is 260 g/mol. The first-order chi connectivity index (χ1) is 9.94. The van der Waals surface area contributed by atoms with E-state index in [1.165, 1.54) is 5.56 Å². The molecule has 3 nitrogen and oxygen atoms in total. The van der Waals surface area contributed by atoms with Crippen molar-refractivity contribution in [2.24, 2.45) is 0 Å². The van der Waals surface area contributed by atoms with Gasteiger partial charge in [-0.05, 0) is 23.1 Å². The largest absolute Gasteiger partial charge is 0.456 e. The molecule has 0 radical (unpaired) electrons. The zero-order chi connectivity index (χ0) is 15.2. The Morgan fingerprint density at radius 1 is 0.857 bits per heavy atom. The Bertz CT molecular complexity index is 944. The topological polar surface area (TPSA) is 60.7 Å². The second-order valence-corrected chi connectivity index (χ2v) is 6.18. The third kappa shape index (κ3) is 2.04. The fourth-order valence-corrected chi connectivity index (χ4v) is 2.47. The maximum atomic E-state index is 9.14. The molecule has 1 heterocycles. The van der Waals surface area contributed by atoms with E-state index in [2.05, 4.69) is 32.9 Å². The summed E-state index contributed by atoms with van der Waals surface area (Å²) in [5.74, 6) is 0. The Hall–Kier alpha value is -2.78. The molecule has 0 saturated carbocycles. The molecule has 0 bridgehead atoms. The van der Waals surface area contributed by atoms with Crippen LogP contribution >= 0.6 is 0 Å². The van der Waals surface area contributed by atoms with Crippen molar-refractivity contribution in [1.82, 2.24) is 0 Å². The van der Waals surface area contributed by atoms with Gasteiger partial charge in [0.15, 0.2) is 0 Å². The lowest BCUT2D eigenvalue weighted by atomic mass is 9.86. The van der Waals surface area contributed by atoms with Gasteiger partial charge in [0.05, 0.1) is 11.1 Å². The second-order valence-electron chi connectivity index (χ2n) is 6.18. The summed E-state index contributed by atoms with van der Waals surface area (Å²) in [7, 11) is 0. The standard InChI is InChI=1S/C18H14N2O/c1-18(2,3)13-4-5-14-15-6-11(9-19)12(10-20)7-16(15)21-17(14)8-13/h4-8H,1-3H3. The fraction of sp³-hybridized carbons (Fsp3) is 0.222. The van der Waals surface area contributed by atoms with Crippen LogP contribution in [0.3, 0.4) is 0 Å². The molecule has 1 aromatic heterocycles. The molecule has 3 aromatic rings. The van der Waals surface area contributed by atoms with Gasteiger partial charge >= 0.3 is 0 Å². The molecule has 0 spiro atoms. The molecule has 0 aliphatic rings. The zero-order valence-electron chi connectivity index (χ0n) is 12.2. The van der Waals surface area contributed by atoms with Crippen molar-refractivity contribution in [2.45, 2.75) is 26.2 Å². The number of hydrogen-bond acceptors (Lipinski definition) is 3. The summed E-state index contributed by atoms with van der Waals surface area (Å²) in [6.45, 7) is 6.45. The number of nitriles is 2. The molecule has 102 valence electrons. The van der Waals surface area contributed by atoms with E-state index in [9.17, 15) is 0 Å². The average Bonchev–Trinajstić information content (AvgIpc) is 2.81. The van der Waals surface area contributed by atoms with Gasteiger partial charge in [0.1, 0.15) is 23.3 Å². The lowest BCUT2D eigenvalue weighted by Gasteiger charge is -2.18. The second kappa shape index (κ2) is 4.36. The molecule has 0 N–H and O–H groups in total. The van der Waals surface area contributed by atoms with E-state index in [1.54, 1.807) is 12.1 Å². The highest BCUT2D eigenvalue weighted by atomic mass is 16.3. The predicted molar refractivity (Wildman–Crippen MR) is 81.9 cm³/mol. The Labute approximate surface area is 123 Å². The Morgan fingerprint density at radius 2 is 1.48 bits per heavy atom. The number of furan rings is 1. The predicted octanol–water partition coefficient (Wildman–Crippen LogP) is 4.63. The molecule has 3 heteroatoms. The van der Waals surface area contributed by atoms with Crippen molar-refractivity contribution in [3.05, 3.63) is 47.0 Å². The minimum atomic E-state index is 0.0444. The van der Waals surface area contributed by atoms with E-state index < -0.39 is 0 Å². The van der Waals surface area contributed by atoms with Crippen LogP contribution in [0.4, 0.5) is 0 Å². The Morgan fingerprint density at radius 3 is 2.10 bits per heavy atom. The molecule has 0 amide bonds. The molecular formula is C18H14N2O. The van der Waals surface area contributed by atoms with Gasteiger partial charge in [-0.15, -0.1) is 0 Å². The molecule has 0 saturated heterocycles. The molecule has 0 unspecified atom stereocenters. The quantitative estimate of drug-likeness (QED) is 0.600. The first-order valence-corrected chi connectivity index (χ1v) is 6.75. The minimum absolute atomic E-state index is 0.0444. The average molecular weight is 274 g/mol. The van der Waals surface area contributed by atoms with E-state index in [4.69, 9.17) is 14.9 Å². The third-order valence-electron chi connectivity index (χ3n) is 3.72. The third-order valence-corrected chi connectivity index (χ3v) is 3.72. The van der Waals surface area contributed by atoms with E-state index in [1.807, 2.05) is 18.2 Å². The highest BCUT2D eigenvalue weighted by molar-refractivity contribution is 6.06. The van der Waals surface area contributed by atoms with Gasteiger partial charge in [-0.2, -0.15) is 10.5 Å². The van der Waals surface area contributed by atoms with Gasteiger partial charge in [-0.25, -0.2) is 0 Å². The first-order valence-electron chi connectivity index (χ1n) is 6.75. The highest BCUT2D eigenvalue weighted by Crippen LogP contribution is 2.33. The van der Waals surface area contributed by atoms with Gasteiger partial charge in [-0.1, -0.05) is 32.9 Å².